The van der Waals surface area contributed by atoms with Crippen LogP contribution >= 0.6 is 11.6 Å². The monoisotopic (exact) mass is 234 g/mol. The molecule has 0 heterocycles. The maximum atomic E-state index is 8.78. The molecule has 1 fully saturated rings. The molecule has 0 bridgehead atoms. The first-order valence-electron chi connectivity index (χ1n) is 5.76. The zero-order chi connectivity index (χ0) is 11.4. The molecule has 0 aliphatic heterocycles. The van der Waals surface area contributed by atoms with Gasteiger partial charge in [0.15, 0.2) is 0 Å². The van der Waals surface area contributed by atoms with Crippen molar-refractivity contribution in [1.82, 2.24) is 0 Å². The van der Waals surface area contributed by atoms with Crippen molar-refractivity contribution in [3.8, 4) is 6.07 Å². The van der Waals surface area contributed by atoms with Crippen molar-refractivity contribution in [3.63, 3.8) is 0 Å². The minimum absolute atomic E-state index is 0.531. The average Bonchev–Trinajstić information content (AvgIpc) is 2.31. The topological polar surface area (TPSA) is 35.8 Å². The van der Waals surface area contributed by atoms with Gasteiger partial charge in [-0.05, 0) is 31.0 Å². The third-order valence-corrected chi connectivity index (χ3v) is 3.38. The summed E-state index contributed by atoms with van der Waals surface area (Å²) in [4.78, 5) is 0. The van der Waals surface area contributed by atoms with E-state index >= 15 is 0 Å². The van der Waals surface area contributed by atoms with Crippen molar-refractivity contribution in [2.24, 2.45) is 0 Å². The molecule has 2 nitrogen and oxygen atoms in total. The highest BCUT2D eigenvalue weighted by atomic mass is 35.5. The molecule has 84 valence electrons. The first kappa shape index (κ1) is 11.3. The van der Waals surface area contributed by atoms with Crippen LogP contribution in [0.4, 0.5) is 5.69 Å². The van der Waals surface area contributed by atoms with Gasteiger partial charge in [0.1, 0.15) is 6.07 Å². The number of nitriles is 1. The van der Waals surface area contributed by atoms with Crippen LogP contribution in [0.1, 0.15) is 37.7 Å². The Morgan fingerprint density at radius 3 is 2.62 bits per heavy atom. The van der Waals surface area contributed by atoms with Crippen LogP contribution in [-0.4, -0.2) is 6.04 Å². The molecule has 1 aliphatic carbocycles. The summed E-state index contributed by atoms with van der Waals surface area (Å²) in [5.41, 5.74) is 1.56. The number of hydrogen-bond acceptors (Lipinski definition) is 2. The van der Waals surface area contributed by atoms with E-state index in [0.29, 0.717) is 16.6 Å². The molecule has 16 heavy (non-hydrogen) atoms. The van der Waals surface area contributed by atoms with Gasteiger partial charge in [-0.3, -0.25) is 0 Å². The first-order valence-corrected chi connectivity index (χ1v) is 6.13. The van der Waals surface area contributed by atoms with E-state index in [1.807, 2.05) is 12.1 Å². The molecule has 1 aliphatic rings. The summed E-state index contributed by atoms with van der Waals surface area (Å²) in [6, 6.07) is 8.18. The number of benzene rings is 1. The smallest absolute Gasteiger partial charge is 0.101 e. The SMILES string of the molecule is N#Cc1ccc(NC2CCCCC2)cc1Cl. The van der Waals surface area contributed by atoms with Crippen LogP contribution in [0.3, 0.4) is 0 Å². The van der Waals surface area contributed by atoms with Gasteiger partial charge in [0, 0.05) is 11.7 Å². The highest BCUT2D eigenvalue weighted by Crippen LogP contribution is 2.24. The summed E-state index contributed by atoms with van der Waals surface area (Å²) < 4.78 is 0. The van der Waals surface area contributed by atoms with Gasteiger partial charge < -0.3 is 5.32 Å². The van der Waals surface area contributed by atoms with Gasteiger partial charge in [0.2, 0.25) is 0 Å². The number of anilines is 1. The minimum atomic E-state index is 0.531. The summed E-state index contributed by atoms with van der Waals surface area (Å²) >= 11 is 5.98. The molecule has 1 aromatic carbocycles. The predicted molar refractivity (Wildman–Crippen MR) is 66.7 cm³/mol. The molecule has 0 saturated heterocycles. The zero-order valence-corrected chi connectivity index (χ0v) is 9.93. The Balaban J connectivity index is 2.04. The van der Waals surface area contributed by atoms with E-state index in [2.05, 4.69) is 11.4 Å². The third kappa shape index (κ3) is 2.68. The van der Waals surface area contributed by atoms with E-state index in [-0.39, 0.29) is 0 Å². The van der Waals surface area contributed by atoms with Gasteiger partial charge in [-0.2, -0.15) is 5.26 Å². The Labute approximate surface area is 101 Å². The van der Waals surface area contributed by atoms with Crippen LogP contribution in [0.25, 0.3) is 0 Å². The largest absolute Gasteiger partial charge is 0.382 e. The molecule has 0 amide bonds. The van der Waals surface area contributed by atoms with Crippen molar-refractivity contribution in [2.45, 2.75) is 38.1 Å². The molecular weight excluding hydrogens is 220 g/mol. The fourth-order valence-corrected chi connectivity index (χ4v) is 2.40. The second-order valence-electron chi connectivity index (χ2n) is 4.29. The molecule has 2 rings (SSSR count). The molecule has 0 radical (unpaired) electrons. The van der Waals surface area contributed by atoms with Gasteiger partial charge in [-0.15, -0.1) is 0 Å². The quantitative estimate of drug-likeness (QED) is 0.841. The fraction of sp³-hybridized carbons (Fsp3) is 0.462. The van der Waals surface area contributed by atoms with E-state index in [1.165, 1.54) is 32.1 Å². The fourth-order valence-electron chi connectivity index (χ4n) is 2.18. The van der Waals surface area contributed by atoms with Crippen LogP contribution in [0.15, 0.2) is 18.2 Å². The lowest BCUT2D eigenvalue weighted by Crippen LogP contribution is -2.22. The standard InChI is InChI=1S/C13H15ClN2/c14-13-8-12(7-6-10(13)9-15)16-11-4-2-1-3-5-11/h6-8,11,16H,1-5H2. The number of halogens is 1. The first-order chi connectivity index (χ1) is 7.79. The number of hydrogen-bond donors (Lipinski definition) is 1. The summed E-state index contributed by atoms with van der Waals surface area (Å²) in [6.07, 6.45) is 6.44. The summed E-state index contributed by atoms with van der Waals surface area (Å²) in [6.45, 7) is 0. The Bertz CT molecular complexity index is 403. The van der Waals surface area contributed by atoms with Crippen LogP contribution in [0, 0.1) is 11.3 Å². The minimum Gasteiger partial charge on any atom is -0.382 e. The van der Waals surface area contributed by atoms with Crippen molar-refractivity contribution < 1.29 is 0 Å². The van der Waals surface area contributed by atoms with Crippen molar-refractivity contribution in [3.05, 3.63) is 28.8 Å². The van der Waals surface area contributed by atoms with Gasteiger partial charge in [-0.1, -0.05) is 30.9 Å². The van der Waals surface area contributed by atoms with Gasteiger partial charge in [0.25, 0.3) is 0 Å². The van der Waals surface area contributed by atoms with Crippen molar-refractivity contribution >= 4 is 17.3 Å². The van der Waals surface area contributed by atoms with E-state index in [4.69, 9.17) is 16.9 Å². The predicted octanol–water partition coefficient (Wildman–Crippen LogP) is 3.96. The maximum Gasteiger partial charge on any atom is 0.101 e. The van der Waals surface area contributed by atoms with Crippen molar-refractivity contribution in [1.29, 1.82) is 5.26 Å². The number of nitrogens with zero attached hydrogens (tertiary/aromatic N) is 1. The summed E-state index contributed by atoms with van der Waals surface area (Å²) in [7, 11) is 0. The molecule has 1 N–H and O–H groups in total. The Morgan fingerprint density at radius 1 is 1.25 bits per heavy atom. The van der Waals surface area contributed by atoms with Crippen LogP contribution in [0.2, 0.25) is 5.02 Å². The Morgan fingerprint density at radius 2 is 2.00 bits per heavy atom. The van der Waals surface area contributed by atoms with Gasteiger partial charge >= 0.3 is 0 Å². The number of nitrogens with one attached hydrogen (secondary N) is 1. The van der Waals surface area contributed by atoms with Crippen LogP contribution < -0.4 is 5.32 Å². The van der Waals surface area contributed by atoms with Gasteiger partial charge in [-0.25, -0.2) is 0 Å². The average molecular weight is 235 g/mol. The Kier molecular flexibility index (Phi) is 3.69. The van der Waals surface area contributed by atoms with Crippen LogP contribution in [-0.2, 0) is 0 Å². The molecule has 0 unspecified atom stereocenters. The van der Waals surface area contributed by atoms with Crippen molar-refractivity contribution in [2.75, 3.05) is 5.32 Å². The van der Waals surface area contributed by atoms with E-state index < -0.39 is 0 Å². The molecule has 3 heteroatoms. The lowest BCUT2D eigenvalue weighted by Gasteiger charge is -2.23. The molecule has 0 atom stereocenters. The maximum absolute atomic E-state index is 8.78. The molecule has 0 spiro atoms. The molecule has 1 saturated carbocycles. The second-order valence-corrected chi connectivity index (χ2v) is 4.69. The van der Waals surface area contributed by atoms with Gasteiger partial charge in [0.05, 0.1) is 10.6 Å². The summed E-state index contributed by atoms with van der Waals surface area (Å²) in [5, 5.41) is 12.8. The highest BCUT2D eigenvalue weighted by molar-refractivity contribution is 6.32. The zero-order valence-electron chi connectivity index (χ0n) is 9.17. The lowest BCUT2D eigenvalue weighted by molar-refractivity contribution is 0.463. The molecular formula is C13H15ClN2. The summed E-state index contributed by atoms with van der Waals surface area (Å²) in [5.74, 6) is 0. The van der Waals surface area contributed by atoms with E-state index in [1.54, 1.807) is 6.07 Å². The van der Waals surface area contributed by atoms with Crippen LogP contribution in [0.5, 0.6) is 0 Å². The second kappa shape index (κ2) is 5.23. The third-order valence-electron chi connectivity index (χ3n) is 3.07. The normalized spacial score (nSPS) is 16.8. The van der Waals surface area contributed by atoms with E-state index in [9.17, 15) is 0 Å². The lowest BCUT2D eigenvalue weighted by atomic mass is 9.95. The molecule has 0 aromatic heterocycles. The molecule has 1 aromatic rings. The Hall–Kier alpha value is -1.20. The number of rotatable bonds is 2. The highest BCUT2D eigenvalue weighted by Gasteiger charge is 2.13. The van der Waals surface area contributed by atoms with E-state index in [0.717, 1.165) is 5.69 Å².